The first kappa shape index (κ1) is 11.9. The molecule has 1 heterocycles. The van der Waals surface area contributed by atoms with Gasteiger partial charge in [-0.15, -0.1) is 11.3 Å². The highest BCUT2D eigenvalue weighted by Crippen LogP contribution is 2.46. The fraction of sp³-hybridized carbons (Fsp3) is 0.636. The molecule has 0 radical (unpaired) electrons. The number of halogens is 3. The zero-order valence-corrected chi connectivity index (χ0v) is 9.44. The monoisotopic (exact) mass is 250 g/mol. The Morgan fingerprint density at radius 1 is 1.44 bits per heavy atom. The number of rotatable bonds is 1. The molecule has 5 heteroatoms. The van der Waals surface area contributed by atoms with Gasteiger partial charge in [0, 0.05) is 4.88 Å². The average molecular weight is 250 g/mol. The van der Waals surface area contributed by atoms with Crippen LogP contribution in [0.25, 0.3) is 0 Å². The standard InChI is InChI=1S/C11H13F3OS/c12-11(13,14)8-3-1-5-10(15,7-8)9-4-2-6-16-9/h2,4,6,8,15H,1,3,5,7H2. The molecular weight excluding hydrogens is 237 g/mol. The van der Waals surface area contributed by atoms with E-state index in [1.165, 1.54) is 11.3 Å². The molecule has 1 fully saturated rings. The quantitative estimate of drug-likeness (QED) is 0.806. The molecule has 1 N–H and O–H groups in total. The molecule has 2 unspecified atom stereocenters. The van der Waals surface area contributed by atoms with Gasteiger partial charge in [0.2, 0.25) is 0 Å². The summed E-state index contributed by atoms with van der Waals surface area (Å²) in [6.45, 7) is 0. The Morgan fingerprint density at radius 3 is 2.75 bits per heavy atom. The summed E-state index contributed by atoms with van der Waals surface area (Å²) in [4.78, 5) is 0.654. The molecule has 0 amide bonds. The summed E-state index contributed by atoms with van der Waals surface area (Å²) >= 11 is 1.32. The Bertz CT molecular complexity index is 347. The lowest BCUT2D eigenvalue weighted by Crippen LogP contribution is -2.37. The first-order chi connectivity index (χ1) is 7.42. The van der Waals surface area contributed by atoms with Crippen molar-refractivity contribution in [2.24, 2.45) is 5.92 Å². The molecule has 1 saturated carbocycles. The number of thiophene rings is 1. The van der Waals surface area contributed by atoms with E-state index >= 15 is 0 Å². The van der Waals surface area contributed by atoms with E-state index in [1.54, 1.807) is 17.5 Å². The van der Waals surface area contributed by atoms with Crippen molar-refractivity contribution < 1.29 is 18.3 Å². The first-order valence-corrected chi connectivity index (χ1v) is 6.13. The van der Waals surface area contributed by atoms with Gasteiger partial charge in [-0.2, -0.15) is 13.2 Å². The highest BCUT2D eigenvalue weighted by Gasteiger charge is 2.47. The second-order valence-corrected chi connectivity index (χ2v) is 5.29. The van der Waals surface area contributed by atoms with Crippen LogP contribution in [0, 0.1) is 5.92 Å². The predicted molar refractivity (Wildman–Crippen MR) is 56.2 cm³/mol. The van der Waals surface area contributed by atoms with Gasteiger partial charge in [-0.05, 0) is 37.1 Å². The van der Waals surface area contributed by atoms with Gasteiger partial charge in [0.1, 0.15) is 0 Å². The lowest BCUT2D eigenvalue weighted by atomic mass is 9.77. The normalized spacial score (nSPS) is 31.6. The largest absolute Gasteiger partial charge is 0.391 e. The lowest BCUT2D eigenvalue weighted by molar-refractivity contribution is -0.201. The molecule has 0 aromatic carbocycles. The van der Waals surface area contributed by atoms with Crippen molar-refractivity contribution in [3.05, 3.63) is 22.4 Å². The van der Waals surface area contributed by atoms with Gasteiger partial charge in [-0.3, -0.25) is 0 Å². The van der Waals surface area contributed by atoms with Crippen LogP contribution in [-0.4, -0.2) is 11.3 Å². The van der Waals surface area contributed by atoms with E-state index in [9.17, 15) is 18.3 Å². The Balaban J connectivity index is 2.18. The van der Waals surface area contributed by atoms with Gasteiger partial charge in [-0.1, -0.05) is 6.07 Å². The van der Waals surface area contributed by atoms with Crippen LogP contribution in [0.1, 0.15) is 30.6 Å². The average Bonchev–Trinajstić information content (AvgIpc) is 2.69. The minimum Gasteiger partial charge on any atom is -0.384 e. The number of aliphatic hydroxyl groups is 1. The van der Waals surface area contributed by atoms with Gasteiger partial charge in [0.05, 0.1) is 11.5 Å². The molecule has 16 heavy (non-hydrogen) atoms. The third-order valence-corrected chi connectivity index (χ3v) is 4.23. The molecule has 0 saturated heterocycles. The smallest absolute Gasteiger partial charge is 0.384 e. The molecule has 0 bridgehead atoms. The Kier molecular flexibility index (Phi) is 3.01. The first-order valence-electron chi connectivity index (χ1n) is 5.25. The molecule has 1 aromatic rings. The zero-order chi connectivity index (χ0) is 11.8. The molecule has 2 rings (SSSR count). The SMILES string of the molecule is OC1(c2cccs2)CCCC(C(F)(F)F)C1. The van der Waals surface area contributed by atoms with Gasteiger partial charge in [-0.25, -0.2) is 0 Å². The van der Waals surface area contributed by atoms with E-state index in [0.717, 1.165) is 0 Å². The van der Waals surface area contributed by atoms with E-state index in [4.69, 9.17) is 0 Å². The van der Waals surface area contributed by atoms with Crippen molar-refractivity contribution in [1.29, 1.82) is 0 Å². The van der Waals surface area contributed by atoms with Crippen molar-refractivity contribution in [3.8, 4) is 0 Å². The van der Waals surface area contributed by atoms with Crippen molar-refractivity contribution in [2.75, 3.05) is 0 Å². The van der Waals surface area contributed by atoms with Crippen LogP contribution in [0.2, 0.25) is 0 Å². The maximum Gasteiger partial charge on any atom is 0.391 e. The van der Waals surface area contributed by atoms with E-state index in [-0.39, 0.29) is 12.8 Å². The van der Waals surface area contributed by atoms with Crippen molar-refractivity contribution >= 4 is 11.3 Å². The Labute approximate surface area is 95.9 Å². The number of hydrogen-bond donors (Lipinski definition) is 1. The van der Waals surface area contributed by atoms with E-state index in [1.807, 2.05) is 0 Å². The van der Waals surface area contributed by atoms with Gasteiger partial charge in [0.15, 0.2) is 0 Å². The number of hydrogen-bond acceptors (Lipinski definition) is 2. The summed E-state index contributed by atoms with van der Waals surface area (Å²) in [6.07, 6.45) is -3.39. The fourth-order valence-corrected chi connectivity index (χ4v) is 3.16. The Hall–Kier alpha value is -0.550. The predicted octanol–water partition coefficient (Wildman–Crippen LogP) is 3.69. The van der Waals surface area contributed by atoms with Crippen LogP contribution in [0.15, 0.2) is 17.5 Å². The van der Waals surface area contributed by atoms with E-state index in [2.05, 4.69) is 0 Å². The van der Waals surface area contributed by atoms with E-state index in [0.29, 0.717) is 17.7 Å². The second-order valence-electron chi connectivity index (χ2n) is 4.34. The molecule has 90 valence electrons. The number of alkyl halides is 3. The summed E-state index contributed by atoms with van der Waals surface area (Å²) < 4.78 is 37.9. The summed E-state index contributed by atoms with van der Waals surface area (Å²) in [5.41, 5.74) is -1.27. The molecule has 1 aliphatic carbocycles. The summed E-state index contributed by atoms with van der Waals surface area (Å²) in [6, 6.07) is 3.47. The highest BCUT2D eigenvalue weighted by molar-refractivity contribution is 7.10. The molecule has 1 nitrogen and oxygen atoms in total. The van der Waals surface area contributed by atoms with Crippen molar-refractivity contribution in [1.82, 2.24) is 0 Å². The third kappa shape index (κ3) is 2.25. The maximum atomic E-state index is 12.6. The zero-order valence-electron chi connectivity index (χ0n) is 8.63. The minimum atomic E-state index is -4.19. The Morgan fingerprint density at radius 2 is 2.19 bits per heavy atom. The molecule has 0 spiro atoms. The van der Waals surface area contributed by atoms with Crippen LogP contribution >= 0.6 is 11.3 Å². The van der Waals surface area contributed by atoms with Crippen LogP contribution in [-0.2, 0) is 5.60 Å². The second kappa shape index (κ2) is 4.04. The highest BCUT2D eigenvalue weighted by atomic mass is 32.1. The van der Waals surface area contributed by atoms with Crippen molar-refractivity contribution in [3.63, 3.8) is 0 Å². The van der Waals surface area contributed by atoms with Crippen LogP contribution in [0.3, 0.4) is 0 Å². The third-order valence-electron chi connectivity index (χ3n) is 3.17. The maximum absolute atomic E-state index is 12.6. The van der Waals surface area contributed by atoms with Gasteiger partial charge in [0.25, 0.3) is 0 Å². The molecule has 1 aliphatic rings. The van der Waals surface area contributed by atoms with Crippen LogP contribution < -0.4 is 0 Å². The fourth-order valence-electron chi connectivity index (χ4n) is 2.30. The van der Waals surface area contributed by atoms with Gasteiger partial charge >= 0.3 is 6.18 Å². The summed E-state index contributed by atoms with van der Waals surface area (Å²) in [5, 5.41) is 12.1. The summed E-state index contributed by atoms with van der Waals surface area (Å²) in [5.74, 6) is -1.37. The van der Waals surface area contributed by atoms with Crippen molar-refractivity contribution in [2.45, 2.75) is 37.5 Å². The topological polar surface area (TPSA) is 20.2 Å². The molecular formula is C11H13F3OS. The van der Waals surface area contributed by atoms with Crippen LogP contribution in [0.5, 0.6) is 0 Å². The lowest BCUT2D eigenvalue weighted by Gasteiger charge is -2.36. The van der Waals surface area contributed by atoms with Gasteiger partial charge < -0.3 is 5.11 Å². The molecule has 1 aromatic heterocycles. The van der Waals surface area contributed by atoms with Crippen LogP contribution in [0.4, 0.5) is 13.2 Å². The summed E-state index contributed by atoms with van der Waals surface area (Å²) in [7, 11) is 0. The minimum absolute atomic E-state index is 0.136. The molecule has 0 aliphatic heterocycles. The molecule has 2 atom stereocenters. The van der Waals surface area contributed by atoms with E-state index < -0.39 is 17.7 Å².